The summed E-state index contributed by atoms with van der Waals surface area (Å²) in [6, 6.07) is 0. The number of unbranched alkanes of at least 4 members (excludes halogenated alkanes) is 35. The molecule has 1 unspecified atom stereocenters. The Morgan fingerprint density at radius 1 is 0.367 bits per heavy atom. The summed E-state index contributed by atoms with van der Waals surface area (Å²) in [6.07, 6.45) is 52.7. The van der Waals surface area contributed by atoms with Gasteiger partial charge in [0.1, 0.15) is 0 Å². The summed E-state index contributed by atoms with van der Waals surface area (Å²) >= 11 is 0. The summed E-state index contributed by atoms with van der Waals surface area (Å²) in [5.41, 5.74) is 0. The first-order valence-corrected chi connectivity index (χ1v) is 23.4. The second-order valence-corrected chi connectivity index (χ2v) is 16.6. The van der Waals surface area contributed by atoms with Crippen LogP contribution in [0.1, 0.15) is 264 Å². The minimum atomic E-state index is -4.60. The Labute approximate surface area is 352 Å². The van der Waals surface area contributed by atoms with Gasteiger partial charge in [-0.05, 0) is 18.8 Å². The Morgan fingerprint density at radius 3 is 0.735 bits per heavy atom. The number of rotatable bonds is 42. The standard InChI is InChI=1S/C43H88O4S.K/c1-3-5-7-9-11-13-15-17-19-21-22-23-25-27-29-31-33-35-37-39-41-43(42-47-48(44,45)46)40-38-36-34-32-30-28-26-24-20-18-16-14-12-10-8-6-4-2;/h43H,3-42H2,1-2H3,(H,44,45,46);/q;+1/p-1. The summed E-state index contributed by atoms with van der Waals surface area (Å²) in [4.78, 5) is 0. The van der Waals surface area contributed by atoms with Gasteiger partial charge in [0.15, 0.2) is 0 Å². The molecule has 0 aliphatic heterocycles. The largest absolute Gasteiger partial charge is 1.00 e. The van der Waals surface area contributed by atoms with Crippen LogP contribution in [0.3, 0.4) is 0 Å². The molecule has 0 amide bonds. The van der Waals surface area contributed by atoms with Gasteiger partial charge in [-0.2, -0.15) is 0 Å². The van der Waals surface area contributed by atoms with Crippen molar-refractivity contribution in [2.45, 2.75) is 264 Å². The normalized spacial score (nSPS) is 12.4. The van der Waals surface area contributed by atoms with Gasteiger partial charge in [0.25, 0.3) is 0 Å². The van der Waals surface area contributed by atoms with E-state index in [1.807, 2.05) is 0 Å². The van der Waals surface area contributed by atoms with E-state index in [2.05, 4.69) is 18.0 Å². The first-order chi connectivity index (χ1) is 23.5. The van der Waals surface area contributed by atoms with E-state index in [0.717, 1.165) is 25.7 Å². The molecule has 0 spiro atoms. The fourth-order valence-electron chi connectivity index (χ4n) is 7.34. The van der Waals surface area contributed by atoms with Crippen molar-refractivity contribution in [3.8, 4) is 0 Å². The molecular weight excluding hydrogens is 652 g/mol. The maximum atomic E-state index is 11.0. The monoisotopic (exact) mass is 739 g/mol. The minimum absolute atomic E-state index is 0. The van der Waals surface area contributed by atoms with E-state index in [-0.39, 0.29) is 63.9 Å². The molecule has 0 saturated heterocycles. The van der Waals surface area contributed by atoms with E-state index >= 15 is 0 Å². The fourth-order valence-corrected chi connectivity index (χ4v) is 7.70. The van der Waals surface area contributed by atoms with Crippen LogP contribution in [0.15, 0.2) is 0 Å². The Bertz CT molecular complexity index is 702. The molecular formula is C43H87KO4S. The molecule has 49 heavy (non-hydrogen) atoms. The van der Waals surface area contributed by atoms with Crippen molar-refractivity contribution in [1.82, 2.24) is 0 Å². The van der Waals surface area contributed by atoms with Crippen LogP contribution in [-0.2, 0) is 14.6 Å². The van der Waals surface area contributed by atoms with E-state index in [9.17, 15) is 13.0 Å². The maximum Gasteiger partial charge on any atom is 1.00 e. The molecule has 0 aromatic rings. The van der Waals surface area contributed by atoms with Crippen LogP contribution in [0, 0.1) is 5.92 Å². The average molecular weight is 739 g/mol. The Hall–Kier alpha value is 1.51. The summed E-state index contributed by atoms with van der Waals surface area (Å²) in [7, 11) is -4.60. The van der Waals surface area contributed by atoms with Crippen LogP contribution in [0.4, 0.5) is 0 Å². The van der Waals surface area contributed by atoms with Gasteiger partial charge in [0, 0.05) is 0 Å². The molecule has 0 radical (unpaired) electrons. The van der Waals surface area contributed by atoms with Crippen molar-refractivity contribution in [2.24, 2.45) is 5.92 Å². The van der Waals surface area contributed by atoms with Gasteiger partial charge >= 0.3 is 51.4 Å². The summed E-state index contributed by atoms with van der Waals surface area (Å²) in [6.45, 7) is 4.65. The quantitative estimate of drug-likeness (QED) is 0.0271. The van der Waals surface area contributed by atoms with Crippen LogP contribution in [0.25, 0.3) is 0 Å². The van der Waals surface area contributed by atoms with Gasteiger partial charge in [-0.25, -0.2) is 8.42 Å². The maximum absolute atomic E-state index is 11.0. The van der Waals surface area contributed by atoms with Crippen molar-refractivity contribution in [3.05, 3.63) is 0 Å². The smallest absolute Gasteiger partial charge is 0.726 e. The van der Waals surface area contributed by atoms with Crippen LogP contribution in [0.5, 0.6) is 0 Å². The molecule has 0 aliphatic carbocycles. The third-order valence-corrected chi connectivity index (χ3v) is 11.1. The molecule has 0 saturated carbocycles. The Kier molecular flexibility index (Phi) is 47.1. The molecule has 6 heteroatoms. The Balaban J connectivity index is 0. The summed E-state index contributed by atoms with van der Waals surface area (Å²) < 4.78 is 37.8. The van der Waals surface area contributed by atoms with Crippen LogP contribution in [-0.4, -0.2) is 19.6 Å². The van der Waals surface area contributed by atoms with Crippen molar-refractivity contribution >= 4 is 10.4 Å². The third kappa shape index (κ3) is 47.5. The van der Waals surface area contributed by atoms with Crippen molar-refractivity contribution < 1.29 is 68.5 Å². The molecule has 0 bridgehead atoms. The van der Waals surface area contributed by atoms with E-state index in [0.29, 0.717) is 0 Å². The SMILES string of the molecule is CCCCCCCCCCCCCCCCCCCCCCC(CCCCCCCCCCCCCCCCCCC)COS(=O)(=O)[O-].[K+]. The fraction of sp³-hybridized carbons (Fsp3) is 1.00. The molecule has 290 valence electrons. The van der Waals surface area contributed by atoms with Gasteiger partial charge in [-0.15, -0.1) is 0 Å². The predicted molar refractivity (Wildman–Crippen MR) is 211 cm³/mol. The molecule has 0 heterocycles. The molecule has 0 fully saturated rings. The molecule has 0 N–H and O–H groups in total. The van der Waals surface area contributed by atoms with Crippen molar-refractivity contribution in [3.63, 3.8) is 0 Å². The zero-order chi connectivity index (χ0) is 35.1. The van der Waals surface area contributed by atoms with Gasteiger partial charge < -0.3 is 4.55 Å². The van der Waals surface area contributed by atoms with E-state index in [1.54, 1.807) is 0 Å². The molecule has 0 aromatic carbocycles. The van der Waals surface area contributed by atoms with Crippen LogP contribution < -0.4 is 51.4 Å². The first kappa shape index (κ1) is 52.6. The second kappa shape index (κ2) is 43.9. The van der Waals surface area contributed by atoms with E-state index in [4.69, 9.17) is 0 Å². The third-order valence-electron chi connectivity index (χ3n) is 10.6. The first-order valence-electron chi connectivity index (χ1n) is 22.1. The van der Waals surface area contributed by atoms with E-state index < -0.39 is 10.4 Å². The molecule has 4 nitrogen and oxygen atoms in total. The van der Waals surface area contributed by atoms with Crippen LogP contribution in [0.2, 0.25) is 0 Å². The van der Waals surface area contributed by atoms with Gasteiger partial charge in [-0.1, -0.05) is 251 Å². The van der Waals surface area contributed by atoms with Gasteiger partial charge in [0.2, 0.25) is 10.4 Å². The van der Waals surface area contributed by atoms with E-state index in [1.165, 1.54) is 225 Å². The predicted octanol–water partition coefficient (Wildman–Crippen LogP) is 12.3. The molecule has 0 aliphatic rings. The Morgan fingerprint density at radius 2 is 0.551 bits per heavy atom. The molecule has 1 atom stereocenters. The van der Waals surface area contributed by atoms with Crippen LogP contribution >= 0.6 is 0 Å². The zero-order valence-electron chi connectivity index (χ0n) is 33.9. The van der Waals surface area contributed by atoms with Gasteiger partial charge in [0.05, 0.1) is 6.61 Å². The minimum Gasteiger partial charge on any atom is -0.726 e. The van der Waals surface area contributed by atoms with Gasteiger partial charge in [-0.3, -0.25) is 4.18 Å². The summed E-state index contributed by atoms with van der Waals surface area (Å²) in [5, 5.41) is 0. The molecule has 0 rings (SSSR count). The van der Waals surface area contributed by atoms with Crippen molar-refractivity contribution in [1.29, 1.82) is 0 Å². The second-order valence-electron chi connectivity index (χ2n) is 15.5. The van der Waals surface area contributed by atoms with Crippen molar-refractivity contribution in [2.75, 3.05) is 6.61 Å². The molecule has 0 aromatic heterocycles. The average Bonchev–Trinajstić information content (AvgIpc) is 3.06. The topological polar surface area (TPSA) is 66.4 Å². The number of hydrogen-bond acceptors (Lipinski definition) is 4. The summed E-state index contributed by atoms with van der Waals surface area (Å²) in [5.74, 6) is 0.195. The zero-order valence-corrected chi connectivity index (χ0v) is 37.8. The number of hydrogen-bond donors (Lipinski definition) is 0.